The first kappa shape index (κ1) is 17.9. The second-order valence-corrected chi connectivity index (χ2v) is 6.89. The number of aryl methyl sites for hydroxylation is 1. The number of nitrogens with zero attached hydrogens (tertiary/aromatic N) is 1. The Kier molecular flexibility index (Phi) is 5.53. The van der Waals surface area contributed by atoms with Crippen molar-refractivity contribution in [1.82, 2.24) is 4.98 Å². The van der Waals surface area contributed by atoms with Gasteiger partial charge in [-0.1, -0.05) is 36.0 Å². The number of nitrogens with one attached hydrogen (secondary N) is 2. The molecular weight excluding hydrogens is 346 g/mol. The van der Waals surface area contributed by atoms with Crippen molar-refractivity contribution in [2.75, 3.05) is 16.4 Å². The Morgan fingerprint density at radius 1 is 1.00 bits per heavy atom. The van der Waals surface area contributed by atoms with E-state index in [1.165, 1.54) is 18.7 Å². The summed E-state index contributed by atoms with van der Waals surface area (Å²) in [5.41, 5.74) is 3.36. The van der Waals surface area contributed by atoms with Gasteiger partial charge in [-0.05, 0) is 42.8 Å². The maximum Gasteiger partial charge on any atom is 0.234 e. The van der Waals surface area contributed by atoms with Crippen LogP contribution >= 0.6 is 11.8 Å². The molecule has 0 bridgehead atoms. The van der Waals surface area contributed by atoms with Gasteiger partial charge in [-0.3, -0.25) is 9.59 Å². The molecule has 2 N–H and O–H groups in total. The van der Waals surface area contributed by atoms with Gasteiger partial charge in [0.15, 0.2) is 0 Å². The van der Waals surface area contributed by atoms with E-state index in [0.717, 1.165) is 21.5 Å². The smallest absolute Gasteiger partial charge is 0.234 e. The van der Waals surface area contributed by atoms with Crippen LogP contribution in [0.15, 0.2) is 59.6 Å². The van der Waals surface area contributed by atoms with Gasteiger partial charge < -0.3 is 10.6 Å². The molecule has 0 saturated heterocycles. The van der Waals surface area contributed by atoms with Crippen molar-refractivity contribution in [3.05, 3.63) is 60.2 Å². The van der Waals surface area contributed by atoms with E-state index in [4.69, 9.17) is 0 Å². The average molecular weight is 365 g/mol. The van der Waals surface area contributed by atoms with Crippen LogP contribution in [0.4, 0.5) is 11.4 Å². The second kappa shape index (κ2) is 8.01. The van der Waals surface area contributed by atoms with E-state index in [1.54, 1.807) is 24.3 Å². The number of pyridine rings is 1. The van der Waals surface area contributed by atoms with Crippen LogP contribution in [-0.2, 0) is 9.59 Å². The lowest BCUT2D eigenvalue weighted by Crippen LogP contribution is -2.14. The number of carbonyl (C=O) groups is 2. The number of amides is 2. The zero-order chi connectivity index (χ0) is 18.5. The Morgan fingerprint density at radius 2 is 1.73 bits per heavy atom. The zero-order valence-electron chi connectivity index (χ0n) is 14.6. The third-order valence-corrected chi connectivity index (χ3v) is 4.63. The molecule has 2 aromatic carbocycles. The Balaban J connectivity index is 1.63. The van der Waals surface area contributed by atoms with E-state index >= 15 is 0 Å². The molecule has 6 heteroatoms. The molecule has 0 radical (unpaired) electrons. The number of carbonyl (C=O) groups excluding carboxylic acids is 2. The van der Waals surface area contributed by atoms with Crippen LogP contribution < -0.4 is 10.6 Å². The standard InChI is InChI=1S/C20H19N3O2S/c1-13-10-20(23-18-9-4-3-8-17(13)18)26-12-19(25)22-16-7-5-6-15(11-16)21-14(2)24/h3-11H,12H2,1-2H3,(H,21,24)(H,22,25). The third-order valence-electron chi connectivity index (χ3n) is 3.72. The van der Waals surface area contributed by atoms with Crippen LogP contribution in [-0.4, -0.2) is 22.6 Å². The summed E-state index contributed by atoms with van der Waals surface area (Å²) in [5, 5.41) is 7.48. The van der Waals surface area contributed by atoms with Gasteiger partial charge in [0.1, 0.15) is 0 Å². The first-order valence-electron chi connectivity index (χ1n) is 8.18. The Morgan fingerprint density at radius 3 is 2.50 bits per heavy atom. The molecule has 2 amide bonds. The van der Waals surface area contributed by atoms with E-state index in [0.29, 0.717) is 11.4 Å². The predicted molar refractivity (Wildman–Crippen MR) is 107 cm³/mol. The van der Waals surface area contributed by atoms with E-state index in [2.05, 4.69) is 15.6 Å². The molecule has 0 unspecified atom stereocenters. The van der Waals surface area contributed by atoms with Crippen LogP contribution in [0.1, 0.15) is 12.5 Å². The lowest BCUT2D eigenvalue weighted by molar-refractivity contribution is -0.114. The van der Waals surface area contributed by atoms with Gasteiger partial charge in [-0.15, -0.1) is 0 Å². The maximum absolute atomic E-state index is 12.2. The monoisotopic (exact) mass is 365 g/mol. The number of anilines is 2. The fourth-order valence-electron chi connectivity index (χ4n) is 2.61. The van der Waals surface area contributed by atoms with E-state index in [-0.39, 0.29) is 17.6 Å². The average Bonchev–Trinajstić information content (AvgIpc) is 2.60. The minimum atomic E-state index is -0.151. The number of para-hydroxylation sites is 1. The molecule has 0 saturated carbocycles. The molecule has 0 fully saturated rings. The number of benzene rings is 2. The number of thioether (sulfide) groups is 1. The molecule has 132 valence electrons. The highest BCUT2D eigenvalue weighted by Gasteiger charge is 2.08. The van der Waals surface area contributed by atoms with Gasteiger partial charge in [0.25, 0.3) is 0 Å². The van der Waals surface area contributed by atoms with Crippen LogP contribution in [0.3, 0.4) is 0 Å². The molecule has 0 aliphatic rings. The van der Waals surface area contributed by atoms with Crippen molar-refractivity contribution in [2.45, 2.75) is 18.9 Å². The molecule has 26 heavy (non-hydrogen) atoms. The molecule has 0 aliphatic heterocycles. The molecule has 3 aromatic rings. The summed E-state index contributed by atoms with van der Waals surface area (Å²) in [6.45, 7) is 3.49. The van der Waals surface area contributed by atoms with Gasteiger partial charge in [-0.2, -0.15) is 0 Å². The number of hydrogen-bond acceptors (Lipinski definition) is 4. The molecule has 5 nitrogen and oxygen atoms in total. The predicted octanol–water partition coefficient (Wildman–Crippen LogP) is 4.23. The van der Waals surface area contributed by atoms with Gasteiger partial charge in [-0.25, -0.2) is 4.98 Å². The van der Waals surface area contributed by atoms with Crippen molar-refractivity contribution in [3.63, 3.8) is 0 Å². The van der Waals surface area contributed by atoms with Crippen molar-refractivity contribution in [3.8, 4) is 0 Å². The van der Waals surface area contributed by atoms with E-state index in [9.17, 15) is 9.59 Å². The molecule has 0 spiro atoms. The van der Waals surface area contributed by atoms with Gasteiger partial charge in [0.2, 0.25) is 11.8 Å². The minimum absolute atomic E-state index is 0.123. The fourth-order valence-corrected chi connectivity index (χ4v) is 3.38. The quantitative estimate of drug-likeness (QED) is 0.664. The summed E-state index contributed by atoms with van der Waals surface area (Å²) in [6, 6.07) is 17.0. The number of fused-ring (bicyclic) bond motifs is 1. The van der Waals surface area contributed by atoms with Crippen LogP contribution in [0.25, 0.3) is 10.9 Å². The maximum atomic E-state index is 12.2. The molecule has 0 aliphatic carbocycles. The minimum Gasteiger partial charge on any atom is -0.326 e. The van der Waals surface area contributed by atoms with Crippen LogP contribution in [0.2, 0.25) is 0 Å². The lowest BCUT2D eigenvalue weighted by Gasteiger charge is -2.08. The van der Waals surface area contributed by atoms with Gasteiger partial charge in [0.05, 0.1) is 16.3 Å². The summed E-state index contributed by atoms with van der Waals surface area (Å²) in [5.74, 6) is -0.0147. The third kappa shape index (κ3) is 4.61. The first-order chi connectivity index (χ1) is 12.5. The molecular formula is C20H19N3O2S. The van der Waals surface area contributed by atoms with Crippen molar-refractivity contribution in [1.29, 1.82) is 0 Å². The molecule has 1 heterocycles. The van der Waals surface area contributed by atoms with Gasteiger partial charge >= 0.3 is 0 Å². The lowest BCUT2D eigenvalue weighted by atomic mass is 10.1. The summed E-state index contributed by atoms with van der Waals surface area (Å²) in [4.78, 5) is 27.9. The normalized spacial score (nSPS) is 10.5. The second-order valence-electron chi connectivity index (χ2n) is 5.89. The number of rotatable bonds is 5. The summed E-state index contributed by atoms with van der Waals surface area (Å²) in [7, 11) is 0. The van der Waals surface area contributed by atoms with Crippen LogP contribution in [0.5, 0.6) is 0 Å². The first-order valence-corrected chi connectivity index (χ1v) is 9.16. The summed E-state index contributed by atoms with van der Waals surface area (Å²) >= 11 is 1.40. The molecule has 3 rings (SSSR count). The number of hydrogen-bond donors (Lipinski definition) is 2. The van der Waals surface area contributed by atoms with Crippen molar-refractivity contribution in [2.24, 2.45) is 0 Å². The highest BCUT2D eigenvalue weighted by atomic mass is 32.2. The fraction of sp³-hybridized carbons (Fsp3) is 0.150. The highest BCUT2D eigenvalue weighted by Crippen LogP contribution is 2.24. The SMILES string of the molecule is CC(=O)Nc1cccc(NC(=O)CSc2cc(C)c3ccccc3n2)c1. The summed E-state index contributed by atoms with van der Waals surface area (Å²) < 4.78 is 0. The Labute approximate surface area is 156 Å². The number of aromatic nitrogens is 1. The van der Waals surface area contributed by atoms with Crippen molar-refractivity contribution < 1.29 is 9.59 Å². The summed E-state index contributed by atoms with van der Waals surface area (Å²) in [6.07, 6.45) is 0. The Hall–Kier alpha value is -2.86. The van der Waals surface area contributed by atoms with Crippen molar-refractivity contribution >= 4 is 45.9 Å². The van der Waals surface area contributed by atoms with Crippen LogP contribution in [0, 0.1) is 6.92 Å². The molecule has 1 aromatic heterocycles. The Bertz CT molecular complexity index is 972. The molecule has 0 atom stereocenters. The largest absolute Gasteiger partial charge is 0.326 e. The van der Waals surface area contributed by atoms with E-state index < -0.39 is 0 Å². The highest BCUT2D eigenvalue weighted by molar-refractivity contribution is 7.99. The topological polar surface area (TPSA) is 71.1 Å². The van der Waals surface area contributed by atoms with Gasteiger partial charge in [0, 0.05) is 23.7 Å². The van der Waals surface area contributed by atoms with E-state index in [1.807, 2.05) is 37.3 Å². The zero-order valence-corrected chi connectivity index (χ0v) is 15.4.